The number of likely N-dealkylation sites (N-methyl/N-ethyl adjacent to an activating group) is 1. The lowest BCUT2D eigenvalue weighted by atomic mass is 10.1. The molecule has 0 atom stereocenters. The summed E-state index contributed by atoms with van der Waals surface area (Å²) in [4.78, 5) is 14.2. The van der Waals surface area contributed by atoms with Gasteiger partial charge in [-0.3, -0.25) is 4.79 Å². The molecule has 0 aliphatic heterocycles. The van der Waals surface area contributed by atoms with E-state index in [0.29, 0.717) is 13.0 Å². The number of rotatable bonds is 5. The van der Waals surface area contributed by atoms with E-state index in [0.717, 1.165) is 17.0 Å². The summed E-state index contributed by atoms with van der Waals surface area (Å²) in [6.07, 6.45) is 0.396. The molecule has 3 heteroatoms. The van der Waals surface area contributed by atoms with E-state index in [2.05, 4.69) is 0 Å². The molecule has 0 saturated heterocycles. The van der Waals surface area contributed by atoms with Gasteiger partial charge in [-0.2, -0.15) is 0 Å². The highest BCUT2D eigenvalue weighted by molar-refractivity contribution is 5.94. The van der Waals surface area contributed by atoms with Crippen molar-refractivity contribution in [1.29, 1.82) is 0 Å². The average Bonchev–Trinajstić information content (AvgIpc) is 2.50. The van der Waals surface area contributed by atoms with E-state index in [4.69, 9.17) is 4.74 Å². The standard InChI is InChI=1S/C17H19NO2/c1-3-18(15-7-5-4-6-8-15)17(19)13-14-9-11-16(20-2)12-10-14/h4-12H,3,13H2,1-2H3. The number of hydrogen-bond donors (Lipinski definition) is 0. The molecule has 0 spiro atoms. The van der Waals surface area contributed by atoms with Crippen molar-refractivity contribution in [3.8, 4) is 5.75 Å². The molecule has 0 N–H and O–H groups in total. The second kappa shape index (κ2) is 6.75. The summed E-state index contributed by atoms with van der Waals surface area (Å²) in [5, 5.41) is 0. The fraction of sp³-hybridized carbons (Fsp3) is 0.235. The highest BCUT2D eigenvalue weighted by Gasteiger charge is 2.13. The Kier molecular flexibility index (Phi) is 4.77. The fourth-order valence-electron chi connectivity index (χ4n) is 2.12. The third kappa shape index (κ3) is 3.38. The maximum Gasteiger partial charge on any atom is 0.231 e. The van der Waals surface area contributed by atoms with Crippen molar-refractivity contribution in [3.63, 3.8) is 0 Å². The average molecular weight is 269 g/mol. The van der Waals surface area contributed by atoms with Gasteiger partial charge >= 0.3 is 0 Å². The summed E-state index contributed by atoms with van der Waals surface area (Å²) in [6, 6.07) is 17.3. The summed E-state index contributed by atoms with van der Waals surface area (Å²) in [7, 11) is 1.63. The lowest BCUT2D eigenvalue weighted by Crippen LogP contribution is -2.31. The minimum absolute atomic E-state index is 0.101. The molecule has 0 aliphatic rings. The number of carbonyl (C=O) groups is 1. The zero-order valence-corrected chi connectivity index (χ0v) is 11.9. The molecule has 0 heterocycles. The van der Waals surface area contributed by atoms with Gasteiger partial charge in [-0.15, -0.1) is 0 Å². The largest absolute Gasteiger partial charge is 0.497 e. The lowest BCUT2D eigenvalue weighted by Gasteiger charge is -2.21. The second-order valence-electron chi connectivity index (χ2n) is 4.50. The molecule has 0 fully saturated rings. The Morgan fingerprint density at radius 3 is 2.25 bits per heavy atom. The first-order valence-electron chi connectivity index (χ1n) is 6.73. The Balaban J connectivity index is 2.09. The normalized spacial score (nSPS) is 10.1. The van der Waals surface area contributed by atoms with Gasteiger partial charge in [0.2, 0.25) is 5.91 Å². The first-order chi connectivity index (χ1) is 9.74. The number of para-hydroxylation sites is 1. The van der Waals surface area contributed by atoms with Crippen molar-refractivity contribution in [2.75, 3.05) is 18.6 Å². The monoisotopic (exact) mass is 269 g/mol. The number of carbonyl (C=O) groups excluding carboxylic acids is 1. The Labute approximate surface area is 119 Å². The maximum atomic E-state index is 12.4. The summed E-state index contributed by atoms with van der Waals surface area (Å²) in [6.45, 7) is 2.65. The van der Waals surface area contributed by atoms with Gasteiger partial charge in [0, 0.05) is 12.2 Å². The molecule has 0 aliphatic carbocycles. The van der Waals surface area contributed by atoms with Crippen molar-refractivity contribution in [2.45, 2.75) is 13.3 Å². The van der Waals surface area contributed by atoms with Crippen LogP contribution in [0, 0.1) is 0 Å². The predicted molar refractivity (Wildman–Crippen MR) is 81.2 cm³/mol. The first-order valence-corrected chi connectivity index (χ1v) is 6.73. The Morgan fingerprint density at radius 1 is 1.05 bits per heavy atom. The molecule has 0 unspecified atom stereocenters. The summed E-state index contributed by atoms with van der Waals surface area (Å²) in [5.74, 6) is 0.903. The van der Waals surface area contributed by atoms with E-state index < -0.39 is 0 Å². The number of ether oxygens (including phenoxy) is 1. The Hall–Kier alpha value is -2.29. The van der Waals surface area contributed by atoms with Gasteiger partial charge in [0.05, 0.1) is 13.5 Å². The minimum atomic E-state index is 0.101. The molecule has 0 aromatic heterocycles. The number of anilines is 1. The third-order valence-electron chi connectivity index (χ3n) is 3.20. The van der Waals surface area contributed by atoms with Gasteiger partial charge in [0.15, 0.2) is 0 Å². The van der Waals surface area contributed by atoms with Crippen LogP contribution in [0.3, 0.4) is 0 Å². The van der Waals surface area contributed by atoms with Crippen LogP contribution in [0.4, 0.5) is 5.69 Å². The SMILES string of the molecule is CCN(C(=O)Cc1ccc(OC)cc1)c1ccccc1. The number of benzene rings is 2. The van der Waals surface area contributed by atoms with Gasteiger partial charge in [-0.25, -0.2) is 0 Å². The van der Waals surface area contributed by atoms with Crippen LogP contribution in [0.5, 0.6) is 5.75 Å². The molecule has 1 amide bonds. The van der Waals surface area contributed by atoms with E-state index >= 15 is 0 Å². The van der Waals surface area contributed by atoms with Gasteiger partial charge in [-0.05, 0) is 36.8 Å². The van der Waals surface area contributed by atoms with Crippen LogP contribution in [0.1, 0.15) is 12.5 Å². The molecule has 2 aromatic rings. The van der Waals surface area contributed by atoms with Crippen molar-refractivity contribution in [3.05, 3.63) is 60.2 Å². The number of hydrogen-bond acceptors (Lipinski definition) is 2. The van der Waals surface area contributed by atoms with Gasteiger partial charge < -0.3 is 9.64 Å². The smallest absolute Gasteiger partial charge is 0.231 e. The van der Waals surface area contributed by atoms with Crippen LogP contribution in [-0.4, -0.2) is 19.6 Å². The van der Waals surface area contributed by atoms with Crippen LogP contribution in [0.2, 0.25) is 0 Å². The molecule has 2 rings (SSSR count). The maximum absolute atomic E-state index is 12.4. The highest BCUT2D eigenvalue weighted by atomic mass is 16.5. The molecule has 0 saturated carbocycles. The van der Waals surface area contributed by atoms with E-state index in [1.54, 1.807) is 12.0 Å². The van der Waals surface area contributed by atoms with Gasteiger partial charge in [0.25, 0.3) is 0 Å². The minimum Gasteiger partial charge on any atom is -0.497 e. The van der Waals surface area contributed by atoms with Crippen LogP contribution in [0.15, 0.2) is 54.6 Å². The highest BCUT2D eigenvalue weighted by Crippen LogP contribution is 2.16. The summed E-state index contributed by atoms with van der Waals surface area (Å²) >= 11 is 0. The summed E-state index contributed by atoms with van der Waals surface area (Å²) in [5.41, 5.74) is 1.93. The molecule has 0 radical (unpaired) electrons. The van der Waals surface area contributed by atoms with E-state index in [-0.39, 0.29) is 5.91 Å². The van der Waals surface area contributed by atoms with Gasteiger partial charge in [0.1, 0.15) is 5.75 Å². The first kappa shape index (κ1) is 14.1. The second-order valence-corrected chi connectivity index (χ2v) is 4.50. The molecule has 0 bridgehead atoms. The zero-order chi connectivity index (χ0) is 14.4. The predicted octanol–water partition coefficient (Wildman–Crippen LogP) is 3.29. The lowest BCUT2D eigenvalue weighted by molar-refractivity contribution is -0.117. The Morgan fingerprint density at radius 2 is 1.70 bits per heavy atom. The third-order valence-corrected chi connectivity index (χ3v) is 3.20. The summed E-state index contributed by atoms with van der Waals surface area (Å²) < 4.78 is 5.12. The zero-order valence-electron chi connectivity index (χ0n) is 11.9. The quantitative estimate of drug-likeness (QED) is 0.833. The number of methoxy groups -OCH3 is 1. The molecule has 104 valence electrons. The Bertz CT molecular complexity index is 549. The number of amides is 1. The van der Waals surface area contributed by atoms with Crippen molar-refractivity contribution < 1.29 is 9.53 Å². The van der Waals surface area contributed by atoms with Crippen LogP contribution >= 0.6 is 0 Å². The number of nitrogens with zero attached hydrogens (tertiary/aromatic N) is 1. The fourth-order valence-corrected chi connectivity index (χ4v) is 2.12. The van der Waals surface area contributed by atoms with E-state index in [9.17, 15) is 4.79 Å². The molecule has 2 aromatic carbocycles. The molecule has 20 heavy (non-hydrogen) atoms. The van der Waals surface area contributed by atoms with Crippen LogP contribution in [-0.2, 0) is 11.2 Å². The van der Waals surface area contributed by atoms with Crippen LogP contribution in [0.25, 0.3) is 0 Å². The van der Waals surface area contributed by atoms with E-state index in [1.807, 2.05) is 61.5 Å². The van der Waals surface area contributed by atoms with E-state index in [1.165, 1.54) is 0 Å². The van der Waals surface area contributed by atoms with Gasteiger partial charge in [-0.1, -0.05) is 30.3 Å². The van der Waals surface area contributed by atoms with Crippen molar-refractivity contribution in [2.24, 2.45) is 0 Å². The van der Waals surface area contributed by atoms with Crippen molar-refractivity contribution >= 4 is 11.6 Å². The molecular weight excluding hydrogens is 250 g/mol. The van der Waals surface area contributed by atoms with Crippen LogP contribution < -0.4 is 9.64 Å². The van der Waals surface area contributed by atoms with Crippen molar-refractivity contribution in [1.82, 2.24) is 0 Å². The molecular formula is C17H19NO2. The molecule has 3 nitrogen and oxygen atoms in total. The topological polar surface area (TPSA) is 29.5 Å².